The minimum Gasteiger partial charge on any atom is -0.478 e. The Balaban J connectivity index is 1.87. The van der Waals surface area contributed by atoms with Crippen LogP contribution in [0.25, 0.3) is 0 Å². The summed E-state index contributed by atoms with van der Waals surface area (Å²) in [6.07, 6.45) is 1.37. The van der Waals surface area contributed by atoms with Crippen molar-refractivity contribution in [3.05, 3.63) is 89.4 Å². The van der Waals surface area contributed by atoms with Crippen LogP contribution in [0.15, 0.2) is 66.9 Å². The Kier molecular flexibility index (Phi) is 6.19. The number of hydrogen-bond acceptors (Lipinski definition) is 4. The van der Waals surface area contributed by atoms with Gasteiger partial charge in [0.15, 0.2) is 0 Å². The van der Waals surface area contributed by atoms with E-state index in [0.717, 1.165) is 5.56 Å². The van der Waals surface area contributed by atoms with E-state index in [1.807, 2.05) is 42.2 Å². The van der Waals surface area contributed by atoms with Gasteiger partial charge in [0.2, 0.25) is 0 Å². The number of nitrogens with zero attached hydrogens (tertiary/aromatic N) is 2. The van der Waals surface area contributed by atoms with Gasteiger partial charge in [-0.15, -0.1) is 0 Å². The molecule has 0 bridgehead atoms. The molecule has 3 aromatic rings. The first-order valence-electron chi connectivity index (χ1n) is 9.07. The predicted molar refractivity (Wildman–Crippen MR) is 109 cm³/mol. The van der Waals surface area contributed by atoms with Gasteiger partial charge in [0.1, 0.15) is 17.2 Å². The highest BCUT2D eigenvalue weighted by molar-refractivity contribution is 6.05. The topological polar surface area (TPSA) is 82.5 Å². The van der Waals surface area contributed by atoms with Crippen LogP contribution in [-0.2, 0) is 6.54 Å². The molecule has 2 N–H and O–H groups in total. The van der Waals surface area contributed by atoms with Crippen LogP contribution in [0.1, 0.15) is 33.2 Å². The molecular formula is C22H20FN3O3. The average molecular weight is 393 g/mol. The number of benzene rings is 2. The molecule has 1 amide bonds. The number of pyridine rings is 1. The van der Waals surface area contributed by atoms with Crippen molar-refractivity contribution in [2.24, 2.45) is 0 Å². The molecule has 0 aliphatic heterocycles. The van der Waals surface area contributed by atoms with E-state index in [1.54, 1.807) is 6.07 Å². The van der Waals surface area contributed by atoms with Crippen molar-refractivity contribution >= 4 is 23.4 Å². The SMILES string of the molecule is CCN(Cc1ccccc1)c1ncc(NC(=O)c2ccccc2F)cc1C(=O)O. The number of anilines is 2. The third kappa shape index (κ3) is 4.76. The third-order valence-electron chi connectivity index (χ3n) is 4.37. The highest BCUT2D eigenvalue weighted by Crippen LogP contribution is 2.24. The monoisotopic (exact) mass is 393 g/mol. The number of aromatic carboxylic acids is 1. The summed E-state index contributed by atoms with van der Waals surface area (Å²) < 4.78 is 13.8. The lowest BCUT2D eigenvalue weighted by Crippen LogP contribution is -2.25. The molecule has 0 unspecified atom stereocenters. The zero-order chi connectivity index (χ0) is 20.8. The van der Waals surface area contributed by atoms with Crippen molar-refractivity contribution < 1.29 is 19.1 Å². The Hall–Kier alpha value is -3.74. The molecule has 0 radical (unpaired) electrons. The zero-order valence-electron chi connectivity index (χ0n) is 15.8. The van der Waals surface area contributed by atoms with Gasteiger partial charge in [-0.05, 0) is 30.7 Å². The number of carboxylic acid groups (broad SMARTS) is 1. The van der Waals surface area contributed by atoms with Crippen molar-refractivity contribution in [2.45, 2.75) is 13.5 Å². The third-order valence-corrected chi connectivity index (χ3v) is 4.37. The molecule has 0 atom stereocenters. The number of aromatic nitrogens is 1. The van der Waals surface area contributed by atoms with Gasteiger partial charge in [0.25, 0.3) is 5.91 Å². The normalized spacial score (nSPS) is 10.4. The number of amides is 1. The van der Waals surface area contributed by atoms with Crippen LogP contribution in [0.3, 0.4) is 0 Å². The van der Waals surface area contributed by atoms with Gasteiger partial charge >= 0.3 is 5.97 Å². The van der Waals surface area contributed by atoms with Gasteiger partial charge < -0.3 is 15.3 Å². The molecule has 0 aliphatic rings. The van der Waals surface area contributed by atoms with E-state index in [0.29, 0.717) is 18.9 Å². The summed E-state index contributed by atoms with van der Waals surface area (Å²) in [4.78, 5) is 30.2. The van der Waals surface area contributed by atoms with Crippen molar-refractivity contribution in [2.75, 3.05) is 16.8 Å². The van der Waals surface area contributed by atoms with Crippen LogP contribution in [0.2, 0.25) is 0 Å². The number of carbonyl (C=O) groups excluding carboxylic acids is 1. The van der Waals surface area contributed by atoms with Gasteiger partial charge in [0, 0.05) is 13.1 Å². The number of halogens is 1. The number of hydrogen-bond donors (Lipinski definition) is 2. The molecule has 148 valence electrons. The summed E-state index contributed by atoms with van der Waals surface area (Å²) >= 11 is 0. The number of rotatable bonds is 7. The maximum Gasteiger partial charge on any atom is 0.339 e. The van der Waals surface area contributed by atoms with Crippen molar-refractivity contribution in [3.63, 3.8) is 0 Å². The van der Waals surface area contributed by atoms with E-state index in [2.05, 4.69) is 10.3 Å². The fraction of sp³-hybridized carbons (Fsp3) is 0.136. The van der Waals surface area contributed by atoms with Crippen molar-refractivity contribution in [3.8, 4) is 0 Å². The summed E-state index contributed by atoms with van der Waals surface area (Å²) in [6.45, 7) is 2.94. The predicted octanol–water partition coefficient (Wildman–Crippen LogP) is 4.20. The Morgan fingerprint density at radius 2 is 1.76 bits per heavy atom. The lowest BCUT2D eigenvalue weighted by Gasteiger charge is -2.24. The highest BCUT2D eigenvalue weighted by Gasteiger charge is 2.19. The van der Waals surface area contributed by atoms with Crippen LogP contribution < -0.4 is 10.2 Å². The summed E-state index contributed by atoms with van der Waals surface area (Å²) in [6, 6.07) is 16.5. The second kappa shape index (κ2) is 8.97. The van der Waals surface area contributed by atoms with Gasteiger partial charge in [-0.1, -0.05) is 42.5 Å². The number of carbonyl (C=O) groups is 2. The Morgan fingerprint density at radius 3 is 2.41 bits per heavy atom. The lowest BCUT2D eigenvalue weighted by atomic mass is 10.1. The maximum atomic E-state index is 13.8. The summed E-state index contributed by atoms with van der Waals surface area (Å²) in [7, 11) is 0. The Labute approximate surface area is 167 Å². The molecule has 1 aromatic heterocycles. The molecule has 7 heteroatoms. The summed E-state index contributed by atoms with van der Waals surface area (Å²) in [5, 5.41) is 12.2. The van der Waals surface area contributed by atoms with E-state index < -0.39 is 17.7 Å². The van der Waals surface area contributed by atoms with Crippen molar-refractivity contribution in [1.29, 1.82) is 0 Å². The maximum absolute atomic E-state index is 13.8. The molecule has 0 saturated carbocycles. The van der Waals surface area contributed by atoms with Gasteiger partial charge in [0.05, 0.1) is 17.4 Å². The molecule has 0 fully saturated rings. The summed E-state index contributed by atoms with van der Waals surface area (Å²) in [5.74, 6) is -2.20. The van der Waals surface area contributed by atoms with E-state index in [9.17, 15) is 19.1 Å². The van der Waals surface area contributed by atoms with E-state index in [1.165, 1.54) is 30.5 Å². The Morgan fingerprint density at radius 1 is 1.07 bits per heavy atom. The smallest absolute Gasteiger partial charge is 0.339 e. The van der Waals surface area contributed by atoms with Crippen LogP contribution in [0, 0.1) is 5.82 Å². The largest absolute Gasteiger partial charge is 0.478 e. The molecule has 29 heavy (non-hydrogen) atoms. The second-order valence-corrected chi connectivity index (χ2v) is 6.33. The fourth-order valence-electron chi connectivity index (χ4n) is 2.92. The fourth-order valence-corrected chi connectivity index (χ4v) is 2.92. The molecule has 0 spiro atoms. The first-order valence-corrected chi connectivity index (χ1v) is 9.07. The zero-order valence-corrected chi connectivity index (χ0v) is 15.8. The van der Waals surface area contributed by atoms with Gasteiger partial charge in [-0.2, -0.15) is 0 Å². The molecule has 6 nitrogen and oxygen atoms in total. The molecule has 0 saturated heterocycles. The first-order chi connectivity index (χ1) is 14.0. The molecule has 2 aromatic carbocycles. The number of carboxylic acids is 1. The average Bonchev–Trinajstić information content (AvgIpc) is 2.73. The Bertz CT molecular complexity index is 1020. The van der Waals surface area contributed by atoms with Gasteiger partial charge in [-0.25, -0.2) is 14.2 Å². The number of nitrogens with one attached hydrogen (secondary N) is 1. The van der Waals surface area contributed by atoms with E-state index >= 15 is 0 Å². The highest BCUT2D eigenvalue weighted by atomic mass is 19.1. The van der Waals surface area contributed by atoms with Crippen LogP contribution in [0.4, 0.5) is 15.9 Å². The van der Waals surface area contributed by atoms with Crippen LogP contribution in [0.5, 0.6) is 0 Å². The van der Waals surface area contributed by atoms with E-state index in [4.69, 9.17) is 0 Å². The minimum atomic E-state index is -1.17. The lowest BCUT2D eigenvalue weighted by molar-refractivity contribution is 0.0696. The van der Waals surface area contributed by atoms with E-state index in [-0.39, 0.29) is 16.8 Å². The molecule has 3 rings (SSSR count). The van der Waals surface area contributed by atoms with Crippen LogP contribution in [-0.4, -0.2) is 28.5 Å². The van der Waals surface area contributed by atoms with Crippen molar-refractivity contribution in [1.82, 2.24) is 4.98 Å². The molecular weight excluding hydrogens is 373 g/mol. The minimum absolute atomic E-state index is 0.0471. The first kappa shape index (κ1) is 20.0. The summed E-state index contributed by atoms with van der Waals surface area (Å²) in [5.41, 5.74) is 1.02. The quantitative estimate of drug-likeness (QED) is 0.629. The molecule has 0 aliphatic carbocycles. The second-order valence-electron chi connectivity index (χ2n) is 6.33. The molecule has 1 heterocycles. The standard InChI is InChI=1S/C22H20FN3O3/c1-2-26(14-15-8-4-3-5-9-15)20-18(22(28)29)12-16(13-24-20)25-21(27)17-10-6-7-11-19(17)23/h3-13H,2,14H2,1H3,(H,25,27)(H,28,29). The van der Waals surface area contributed by atoms with Gasteiger partial charge in [-0.3, -0.25) is 4.79 Å². The van der Waals surface area contributed by atoms with Crippen LogP contribution >= 0.6 is 0 Å².